The summed E-state index contributed by atoms with van der Waals surface area (Å²) in [5.41, 5.74) is 7.67. The van der Waals surface area contributed by atoms with Gasteiger partial charge in [0.05, 0.1) is 5.69 Å². The number of hydrogen-bond acceptors (Lipinski definition) is 2. The Balaban J connectivity index is 2.28. The monoisotopic (exact) mass is 236 g/mol. The molecule has 0 spiro atoms. The first-order valence-electron chi connectivity index (χ1n) is 6.06. The third-order valence-electron chi connectivity index (χ3n) is 4.12. The Bertz CT molecular complexity index is 426. The number of halogens is 1. The van der Waals surface area contributed by atoms with Gasteiger partial charge in [0, 0.05) is 14.1 Å². The molecule has 1 fully saturated rings. The summed E-state index contributed by atoms with van der Waals surface area (Å²) in [5.74, 6) is 0.733. The normalized spacial score (nSPS) is 25.8. The highest BCUT2D eigenvalue weighted by molar-refractivity contribution is 5.49. The van der Waals surface area contributed by atoms with Gasteiger partial charge in [-0.3, -0.25) is 0 Å². The predicted octanol–water partition coefficient (Wildman–Crippen LogP) is 2.59. The average Bonchev–Trinajstić information content (AvgIpc) is 2.79. The van der Waals surface area contributed by atoms with Gasteiger partial charge in [0.1, 0.15) is 5.82 Å². The first-order chi connectivity index (χ1) is 7.89. The summed E-state index contributed by atoms with van der Waals surface area (Å²) in [6.07, 6.45) is 0. The van der Waals surface area contributed by atoms with Crippen LogP contribution in [0.5, 0.6) is 0 Å². The zero-order chi connectivity index (χ0) is 12.8. The van der Waals surface area contributed by atoms with Gasteiger partial charge >= 0.3 is 0 Å². The minimum absolute atomic E-state index is 0.147. The zero-order valence-electron chi connectivity index (χ0n) is 11.0. The Morgan fingerprint density at radius 1 is 1.35 bits per heavy atom. The summed E-state index contributed by atoms with van der Waals surface area (Å²) in [5, 5.41) is 0. The fraction of sp³-hybridized carbons (Fsp3) is 0.571. The Labute approximate surface area is 103 Å². The average molecular weight is 236 g/mol. The minimum Gasteiger partial charge on any atom is -0.375 e. The van der Waals surface area contributed by atoms with Gasteiger partial charge in [0.2, 0.25) is 0 Å². The van der Waals surface area contributed by atoms with Gasteiger partial charge < -0.3 is 10.6 Å². The van der Waals surface area contributed by atoms with Crippen LogP contribution in [0, 0.1) is 17.2 Å². The number of nitrogens with two attached hydrogens (primary N) is 1. The second kappa shape index (κ2) is 3.98. The van der Waals surface area contributed by atoms with E-state index in [-0.39, 0.29) is 11.2 Å². The molecule has 0 saturated heterocycles. The van der Waals surface area contributed by atoms with Crippen molar-refractivity contribution in [2.45, 2.75) is 19.8 Å². The van der Waals surface area contributed by atoms with E-state index in [1.807, 2.05) is 26.2 Å². The van der Waals surface area contributed by atoms with Gasteiger partial charge in [0.15, 0.2) is 0 Å². The van der Waals surface area contributed by atoms with Crippen molar-refractivity contribution in [3.63, 3.8) is 0 Å². The summed E-state index contributed by atoms with van der Waals surface area (Å²) < 4.78 is 13.9. The van der Waals surface area contributed by atoms with Gasteiger partial charge in [-0.25, -0.2) is 4.39 Å². The van der Waals surface area contributed by atoms with Crippen molar-refractivity contribution < 1.29 is 4.39 Å². The third kappa shape index (κ3) is 1.93. The van der Waals surface area contributed by atoms with Crippen LogP contribution in [-0.2, 0) is 0 Å². The first-order valence-corrected chi connectivity index (χ1v) is 6.06. The van der Waals surface area contributed by atoms with Crippen molar-refractivity contribution in [1.29, 1.82) is 0 Å². The van der Waals surface area contributed by atoms with Crippen LogP contribution >= 0.6 is 0 Å². The van der Waals surface area contributed by atoms with E-state index in [9.17, 15) is 4.39 Å². The molecule has 1 saturated carbocycles. The van der Waals surface area contributed by atoms with Crippen molar-refractivity contribution in [2.75, 3.05) is 25.5 Å². The third-order valence-corrected chi connectivity index (χ3v) is 4.12. The SMILES string of the molecule is CN(C)c1ccc([C@@H]2[C@@H](CN)C2(C)C)cc1F. The van der Waals surface area contributed by atoms with Crippen LogP contribution in [0.2, 0.25) is 0 Å². The summed E-state index contributed by atoms with van der Waals surface area (Å²) in [6, 6.07) is 5.55. The van der Waals surface area contributed by atoms with Crippen LogP contribution in [-0.4, -0.2) is 20.6 Å². The quantitative estimate of drug-likeness (QED) is 0.874. The second-order valence-corrected chi connectivity index (χ2v) is 5.75. The van der Waals surface area contributed by atoms with E-state index < -0.39 is 0 Å². The predicted molar refractivity (Wildman–Crippen MR) is 69.8 cm³/mol. The smallest absolute Gasteiger partial charge is 0.146 e. The minimum atomic E-state index is -0.147. The molecule has 2 atom stereocenters. The van der Waals surface area contributed by atoms with Crippen molar-refractivity contribution >= 4 is 5.69 Å². The molecule has 1 aromatic carbocycles. The molecule has 2 nitrogen and oxygen atoms in total. The lowest BCUT2D eigenvalue weighted by Crippen LogP contribution is -2.10. The second-order valence-electron chi connectivity index (χ2n) is 5.75. The molecule has 3 heteroatoms. The van der Waals surface area contributed by atoms with Crippen molar-refractivity contribution in [3.05, 3.63) is 29.6 Å². The highest BCUT2D eigenvalue weighted by atomic mass is 19.1. The van der Waals surface area contributed by atoms with Crippen LogP contribution in [0.25, 0.3) is 0 Å². The number of benzene rings is 1. The molecule has 17 heavy (non-hydrogen) atoms. The Kier molecular flexibility index (Phi) is 2.90. The fourth-order valence-electron chi connectivity index (χ4n) is 2.93. The molecule has 1 aromatic rings. The molecule has 0 aliphatic heterocycles. The maximum atomic E-state index is 13.9. The maximum Gasteiger partial charge on any atom is 0.146 e. The van der Waals surface area contributed by atoms with E-state index in [0.29, 0.717) is 24.1 Å². The van der Waals surface area contributed by atoms with Crippen molar-refractivity contribution in [3.8, 4) is 0 Å². The molecule has 0 amide bonds. The van der Waals surface area contributed by atoms with E-state index in [4.69, 9.17) is 5.73 Å². The van der Waals surface area contributed by atoms with Crippen LogP contribution in [0.4, 0.5) is 10.1 Å². The molecule has 0 aromatic heterocycles. The molecule has 94 valence electrons. The van der Waals surface area contributed by atoms with Gasteiger partial charge in [-0.15, -0.1) is 0 Å². The molecule has 1 aliphatic carbocycles. The molecule has 0 bridgehead atoms. The number of anilines is 1. The lowest BCUT2D eigenvalue weighted by Gasteiger charge is -2.14. The largest absolute Gasteiger partial charge is 0.375 e. The van der Waals surface area contributed by atoms with Crippen molar-refractivity contribution in [1.82, 2.24) is 0 Å². The van der Waals surface area contributed by atoms with E-state index in [1.54, 1.807) is 11.0 Å². The maximum absolute atomic E-state index is 13.9. The van der Waals surface area contributed by atoms with Gasteiger partial charge in [-0.2, -0.15) is 0 Å². The fourth-order valence-corrected chi connectivity index (χ4v) is 2.93. The summed E-state index contributed by atoms with van der Waals surface area (Å²) >= 11 is 0. The molecular formula is C14H21FN2. The molecule has 0 radical (unpaired) electrons. The van der Waals surface area contributed by atoms with E-state index >= 15 is 0 Å². The van der Waals surface area contributed by atoms with Gasteiger partial charge in [0.25, 0.3) is 0 Å². The van der Waals surface area contributed by atoms with Crippen molar-refractivity contribution in [2.24, 2.45) is 17.1 Å². The topological polar surface area (TPSA) is 29.3 Å². The molecule has 1 aliphatic rings. The van der Waals surface area contributed by atoms with Crippen LogP contribution < -0.4 is 10.6 Å². The van der Waals surface area contributed by atoms with Gasteiger partial charge in [-0.1, -0.05) is 19.9 Å². The zero-order valence-corrected chi connectivity index (χ0v) is 11.0. The Morgan fingerprint density at radius 3 is 2.41 bits per heavy atom. The summed E-state index contributed by atoms with van der Waals surface area (Å²) in [4.78, 5) is 1.79. The first kappa shape index (κ1) is 12.4. The summed E-state index contributed by atoms with van der Waals surface area (Å²) in [7, 11) is 3.70. The van der Waals surface area contributed by atoms with E-state index in [0.717, 1.165) is 5.56 Å². The lowest BCUT2D eigenvalue weighted by molar-refractivity contribution is 0.558. The standard InChI is InChI=1S/C14H21FN2/c1-14(2)10(8-16)13(14)9-5-6-12(17(3)4)11(15)7-9/h5-7,10,13H,8,16H2,1-4H3/t10-,13-/m1/s1. The Hall–Kier alpha value is -1.09. The number of nitrogens with zero attached hydrogens (tertiary/aromatic N) is 1. The van der Waals surface area contributed by atoms with Gasteiger partial charge in [-0.05, 0) is 41.5 Å². The van der Waals surface area contributed by atoms with E-state index in [2.05, 4.69) is 13.8 Å². The molecule has 0 unspecified atom stereocenters. The van der Waals surface area contributed by atoms with E-state index in [1.165, 1.54) is 0 Å². The number of rotatable bonds is 3. The molecular weight excluding hydrogens is 215 g/mol. The number of hydrogen-bond donors (Lipinski definition) is 1. The highest BCUT2D eigenvalue weighted by Crippen LogP contribution is 2.63. The van der Waals surface area contributed by atoms with Crippen LogP contribution in [0.15, 0.2) is 18.2 Å². The molecule has 2 rings (SSSR count). The highest BCUT2D eigenvalue weighted by Gasteiger charge is 2.57. The molecule has 2 N–H and O–H groups in total. The summed E-state index contributed by atoms with van der Waals surface area (Å²) in [6.45, 7) is 5.08. The van der Waals surface area contributed by atoms with Crippen LogP contribution in [0.3, 0.4) is 0 Å². The Morgan fingerprint density at radius 2 is 2.00 bits per heavy atom. The lowest BCUT2D eigenvalue weighted by atomic mass is 10.0. The molecule has 0 heterocycles. The van der Waals surface area contributed by atoms with Crippen LogP contribution in [0.1, 0.15) is 25.3 Å².